The molecule has 2 aromatic carbocycles. The van der Waals surface area contributed by atoms with Gasteiger partial charge in [-0.2, -0.15) is 18.6 Å². The van der Waals surface area contributed by atoms with E-state index in [0.717, 1.165) is 12.1 Å². The summed E-state index contributed by atoms with van der Waals surface area (Å²) in [4.78, 5) is -0.600. The van der Waals surface area contributed by atoms with Crippen LogP contribution in [0.5, 0.6) is 5.75 Å². The number of hydrogen-bond donors (Lipinski definition) is 2. The number of phenolic OH excluding ortho intramolecular Hbond substituents is 1. The number of phenols is 1. The molecule has 2 aromatic rings. The van der Waals surface area contributed by atoms with Crippen LogP contribution in [0, 0.1) is 0 Å². The van der Waals surface area contributed by atoms with E-state index in [-0.39, 0.29) is 5.69 Å². The summed E-state index contributed by atoms with van der Waals surface area (Å²) < 4.78 is 30.9. The van der Waals surface area contributed by atoms with Crippen molar-refractivity contribution in [3.8, 4) is 5.75 Å². The van der Waals surface area contributed by atoms with E-state index in [4.69, 9.17) is 4.55 Å². The maximum atomic E-state index is 11.0. The SMILES string of the molecule is O=S(=O)(O)c1cc(N=Nc2ccccc2)ccc1O. The normalized spacial score (nSPS) is 11.8. The third-order valence-corrected chi connectivity index (χ3v) is 3.14. The van der Waals surface area contributed by atoms with Gasteiger partial charge in [-0.15, -0.1) is 0 Å². The molecule has 0 aliphatic heterocycles. The van der Waals surface area contributed by atoms with Gasteiger partial charge < -0.3 is 5.11 Å². The van der Waals surface area contributed by atoms with Gasteiger partial charge in [0.1, 0.15) is 10.6 Å². The van der Waals surface area contributed by atoms with Crippen molar-refractivity contribution in [2.75, 3.05) is 0 Å². The van der Waals surface area contributed by atoms with Crippen molar-refractivity contribution < 1.29 is 18.1 Å². The molecule has 0 heterocycles. The lowest BCUT2D eigenvalue weighted by atomic mass is 10.3. The summed E-state index contributed by atoms with van der Waals surface area (Å²) in [6.45, 7) is 0. The summed E-state index contributed by atoms with van der Waals surface area (Å²) in [5.74, 6) is -0.541. The van der Waals surface area contributed by atoms with E-state index in [9.17, 15) is 13.5 Å². The topological polar surface area (TPSA) is 99.3 Å². The molecule has 0 saturated heterocycles. The molecule has 0 fully saturated rings. The van der Waals surface area contributed by atoms with E-state index in [2.05, 4.69) is 10.2 Å². The van der Waals surface area contributed by atoms with Crippen LogP contribution in [0.3, 0.4) is 0 Å². The fourth-order valence-electron chi connectivity index (χ4n) is 1.38. The van der Waals surface area contributed by atoms with Crippen LogP contribution in [0.25, 0.3) is 0 Å². The first-order chi connectivity index (χ1) is 8.97. The third-order valence-electron chi connectivity index (χ3n) is 2.26. The maximum absolute atomic E-state index is 11.0. The molecule has 0 amide bonds. The molecule has 2 N–H and O–H groups in total. The molecule has 0 atom stereocenters. The highest BCUT2D eigenvalue weighted by Crippen LogP contribution is 2.28. The molecule has 0 bridgehead atoms. The van der Waals surface area contributed by atoms with Crippen molar-refractivity contribution in [2.45, 2.75) is 4.90 Å². The third kappa shape index (κ3) is 3.36. The molecule has 98 valence electrons. The Balaban J connectivity index is 2.35. The number of rotatable bonds is 3. The highest BCUT2D eigenvalue weighted by atomic mass is 32.2. The first-order valence-electron chi connectivity index (χ1n) is 5.24. The Labute approximate surface area is 109 Å². The second-order valence-corrected chi connectivity index (χ2v) is 5.05. The van der Waals surface area contributed by atoms with E-state index in [0.29, 0.717) is 5.69 Å². The van der Waals surface area contributed by atoms with Crippen LogP contribution in [0.2, 0.25) is 0 Å². The predicted molar refractivity (Wildman–Crippen MR) is 68.5 cm³/mol. The van der Waals surface area contributed by atoms with Gasteiger partial charge in [0.25, 0.3) is 10.1 Å². The quantitative estimate of drug-likeness (QED) is 0.665. The van der Waals surface area contributed by atoms with Crippen LogP contribution >= 0.6 is 0 Å². The van der Waals surface area contributed by atoms with E-state index in [1.807, 2.05) is 6.07 Å². The molecular formula is C12H10N2O4S. The van der Waals surface area contributed by atoms with E-state index >= 15 is 0 Å². The Hall–Kier alpha value is -2.25. The van der Waals surface area contributed by atoms with Gasteiger partial charge in [-0.25, -0.2) is 0 Å². The van der Waals surface area contributed by atoms with Gasteiger partial charge in [-0.05, 0) is 30.3 Å². The first kappa shape index (κ1) is 13.2. The minimum Gasteiger partial charge on any atom is -0.506 e. The number of benzene rings is 2. The van der Waals surface area contributed by atoms with E-state index in [1.165, 1.54) is 6.07 Å². The molecule has 2 rings (SSSR count). The Morgan fingerprint density at radius 2 is 1.53 bits per heavy atom. The van der Waals surface area contributed by atoms with Gasteiger partial charge in [-0.3, -0.25) is 4.55 Å². The minimum atomic E-state index is -4.49. The first-order valence-corrected chi connectivity index (χ1v) is 6.68. The van der Waals surface area contributed by atoms with Crippen molar-refractivity contribution in [1.29, 1.82) is 0 Å². The van der Waals surface area contributed by atoms with Gasteiger partial charge in [0.15, 0.2) is 0 Å². The smallest absolute Gasteiger partial charge is 0.298 e. The average molecular weight is 278 g/mol. The lowest BCUT2D eigenvalue weighted by Gasteiger charge is -2.01. The summed E-state index contributed by atoms with van der Waals surface area (Å²) in [6, 6.07) is 12.4. The summed E-state index contributed by atoms with van der Waals surface area (Å²) in [5.41, 5.74) is 0.804. The monoisotopic (exact) mass is 278 g/mol. The fraction of sp³-hybridized carbons (Fsp3) is 0. The van der Waals surface area contributed by atoms with Crippen LogP contribution in [0.1, 0.15) is 0 Å². The summed E-state index contributed by atoms with van der Waals surface area (Å²) in [5, 5.41) is 17.1. The van der Waals surface area contributed by atoms with Gasteiger partial charge in [0.05, 0.1) is 11.4 Å². The largest absolute Gasteiger partial charge is 0.506 e. The number of aromatic hydroxyl groups is 1. The zero-order chi connectivity index (χ0) is 13.9. The molecule has 7 heteroatoms. The Morgan fingerprint density at radius 1 is 0.895 bits per heavy atom. The number of azo groups is 1. The molecule has 0 unspecified atom stereocenters. The predicted octanol–water partition coefficient (Wildman–Crippen LogP) is 3.05. The molecule has 0 aromatic heterocycles. The van der Waals surface area contributed by atoms with Crippen molar-refractivity contribution >= 4 is 21.5 Å². The Kier molecular flexibility index (Phi) is 3.59. The molecule has 6 nitrogen and oxygen atoms in total. The Bertz CT molecular complexity index is 712. The van der Waals surface area contributed by atoms with Crippen LogP contribution in [-0.4, -0.2) is 18.1 Å². The molecule has 0 aliphatic carbocycles. The van der Waals surface area contributed by atoms with Crippen LogP contribution in [0.4, 0.5) is 11.4 Å². The second-order valence-electron chi connectivity index (χ2n) is 3.66. The van der Waals surface area contributed by atoms with E-state index < -0.39 is 20.8 Å². The number of nitrogens with zero attached hydrogens (tertiary/aromatic N) is 2. The minimum absolute atomic E-state index is 0.203. The summed E-state index contributed by atoms with van der Waals surface area (Å²) in [6.07, 6.45) is 0. The lowest BCUT2D eigenvalue weighted by molar-refractivity contribution is 0.443. The van der Waals surface area contributed by atoms with Crippen molar-refractivity contribution in [3.63, 3.8) is 0 Å². The van der Waals surface area contributed by atoms with Crippen molar-refractivity contribution in [3.05, 3.63) is 48.5 Å². The summed E-state index contributed by atoms with van der Waals surface area (Å²) in [7, 11) is -4.49. The Morgan fingerprint density at radius 3 is 2.16 bits per heavy atom. The van der Waals surface area contributed by atoms with Crippen molar-refractivity contribution in [1.82, 2.24) is 0 Å². The van der Waals surface area contributed by atoms with Gasteiger partial charge in [0, 0.05) is 0 Å². The molecular weight excluding hydrogens is 268 g/mol. The molecule has 0 spiro atoms. The van der Waals surface area contributed by atoms with Crippen molar-refractivity contribution in [2.24, 2.45) is 10.2 Å². The van der Waals surface area contributed by atoms with Gasteiger partial charge in [-0.1, -0.05) is 18.2 Å². The maximum Gasteiger partial charge on any atom is 0.298 e. The number of hydrogen-bond acceptors (Lipinski definition) is 5. The van der Waals surface area contributed by atoms with Gasteiger partial charge >= 0.3 is 0 Å². The highest BCUT2D eigenvalue weighted by Gasteiger charge is 2.15. The van der Waals surface area contributed by atoms with Crippen LogP contribution in [-0.2, 0) is 10.1 Å². The average Bonchev–Trinajstić information content (AvgIpc) is 2.37. The molecule has 0 aliphatic rings. The zero-order valence-electron chi connectivity index (χ0n) is 9.63. The van der Waals surface area contributed by atoms with E-state index in [1.54, 1.807) is 24.3 Å². The second kappa shape index (κ2) is 5.17. The molecule has 0 radical (unpaired) electrons. The molecule has 0 saturated carbocycles. The zero-order valence-corrected chi connectivity index (χ0v) is 10.4. The van der Waals surface area contributed by atoms with Crippen LogP contribution < -0.4 is 0 Å². The lowest BCUT2D eigenvalue weighted by Crippen LogP contribution is -1.97. The summed E-state index contributed by atoms with van der Waals surface area (Å²) >= 11 is 0. The van der Waals surface area contributed by atoms with Gasteiger partial charge in [0.2, 0.25) is 0 Å². The van der Waals surface area contributed by atoms with Crippen LogP contribution in [0.15, 0.2) is 63.7 Å². The standard InChI is InChI=1S/C12H10N2O4S/c15-11-7-6-10(8-12(11)19(16,17)18)14-13-9-4-2-1-3-5-9/h1-8,15H,(H,16,17,18). The fourth-order valence-corrected chi connectivity index (χ4v) is 1.98. The highest BCUT2D eigenvalue weighted by molar-refractivity contribution is 7.86. The molecule has 19 heavy (non-hydrogen) atoms.